The molecule has 54 heavy (non-hydrogen) atoms. The zero-order chi connectivity index (χ0) is 38.2. The number of rotatable bonds is 16. The first-order valence-electron chi connectivity index (χ1n) is 18.6. The highest BCUT2D eigenvalue weighted by molar-refractivity contribution is 6.08. The van der Waals surface area contributed by atoms with Crippen LogP contribution in [0.25, 0.3) is 10.9 Å². The number of hydrogen-bond donors (Lipinski definition) is 4. The maximum atomic E-state index is 14.2. The SMILES string of the molecule is CC(C)=CCC/C(C)=C/CN1C(=O)[C@](O)([C@H](C)/C=C/CCn2cc(C(CO)c3ccccc3)nn2)c2cc(NC(=O)Cc3c[nH]c4ccccc34)ccc21. The third-order valence-corrected chi connectivity index (χ3v) is 10.2. The molecule has 1 unspecified atom stereocenters. The van der Waals surface area contributed by atoms with Crippen LogP contribution in [0, 0.1) is 5.92 Å². The minimum absolute atomic E-state index is 0.0774. The van der Waals surface area contributed by atoms with Crippen LogP contribution in [0.4, 0.5) is 11.4 Å². The standard InChI is InChI=1S/C44H50N6O4/c1-30(2)13-12-14-31(3)22-24-50-41-21-20-35(46-42(52)25-34-27-45-39-19-9-8-18-36(34)39)26-38(41)44(54,43(50)53)32(4)15-10-11-23-49-28-40(47-48-49)37(29-51)33-16-6-5-7-17-33/h5-10,13,15-22,26-28,32,37,45,51,54H,11-12,14,23-25,29H2,1-4H3,(H,46,52)/b15-10+,31-22+/t32-,37?,44+/m1/s1. The van der Waals surface area contributed by atoms with Crippen molar-refractivity contribution in [3.8, 4) is 0 Å². The molecule has 2 aromatic heterocycles. The first-order valence-corrected chi connectivity index (χ1v) is 18.6. The van der Waals surface area contributed by atoms with E-state index < -0.39 is 17.4 Å². The van der Waals surface area contributed by atoms with Crippen molar-refractivity contribution in [1.82, 2.24) is 20.0 Å². The van der Waals surface area contributed by atoms with Crippen molar-refractivity contribution in [1.29, 1.82) is 0 Å². The summed E-state index contributed by atoms with van der Waals surface area (Å²) in [4.78, 5) is 32.4. The fraction of sp³-hybridized carbons (Fsp3) is 0.318. The van der Waals surface area contributed by atoms with Gasteiger partial charge in [-0.3, -0.25) is 14.3 Å². The smallest absolute Gasteiger partial charge is 0.264 e. The molecule has 1 aliphatic heterocycles. The van der Waals surface area contributed by atoms with Gasteiger partial charge in [0.1, 0.15) is 0 Å². The number of carbonyl (C=O) groups is 2. The van der Waals surface area contributed by atoms with E-state index in [2.05, 4.69) is 53.5 Å². The summed E-state index contributed by atoms with van der Waals surface area (Å²) < 4.78 is 1.74. The summed E-state index contributed by atoms with van der Waals surface area (Å²) in [5, 5.41) is 35.0. The Kier molecular flexibility index (Phi) is 12.0. The molecule has 2 amide bonds. The summed E-state index contributed by atoms with van der Waals surface area (Å²) in [7, 11) is 0. The lowest BCUT2D eigenvalue weighted by Gasteiger charge is -2.27. The molecule has 3 heterocycles. The van der Waals surface area contributed by atoms with Crippen molar-refractivity contribution < 1.29 is 19.8 Å². The Hall–Kier alpha value is -5.58. The van der Waals surface area contributed by atoms with Gasteiger partial charge in [0.25, 0.3) is 5.91 Å². The number of anilines is 2. The number of aromatic nitrogens is 4. The summed E-state index contributed by atoms with van der Waals surface area (Å²) >= 11 is 0. The van der Waals surface area contributed by atoms with Crippen LogP contribution in [0.1, 0.15) is 75.3 Å². The van der Waals surface area contributed by atoms with E-state index in [1.165, 1.54) is 5.57 Å². The number of H-pyrrole nitrogens is 1. The van der Waals surface area contributed by atoms with Crippen LogP contribution in [0.5, 0.6) is 0 Å². The molecule has 4 N–H and O–H groups in total. The number of nitrogens with zero attached hydrogens (tertiary/aromatic N) is 4. The number of nitrogens with one attached hydrogen (secondary N) is 2. The van der Waals surface area contributed by atoms with E-state index >= 15 is 0 Å². The maximum Gasteiger partial charge on any atom is 0.264 e. The first-order chi connectivity index (χ1) is 26.1. The van der Waals surface area contributed by atoms with E-state index in [0.717, 1.165) is 40.4 Å². The highest BCUT2D eigenvalue weighted by Gasteiger charge is 2.52. The van der Waals surface area contributed by atoms with Crippen molar-refractivity contribution in [3.63, 3.8) is 0 Å². The molecule has 3 atom stereocenters. The zero-order valence-corrected chi connectivity index (χ0v) is 31.5. The molecule has 0 spiro atoms. The molecule has 0 saturated carbocycles. The summed E-state index contributed by atoms with van der Waals surface area (Å²) in [6, 6.07) is 22.9. The van der Waals surface area contributed by atoms with Crippen LogP contribution >= 0.6 is 0 Å². The number of para-hydroxylation sites is 1. The second kappa shape index (κ2) is 17.0. The molecule has 10 heteroatoms. The Morgan fingerprint density at radius 1 is 1.02 bits per heavy atom. The number of benzene rings is 3. The van der Waals surface area contributed by atoms with Crippen LogP contribution < -0.4 is 10.2 Å². The fourth-order valence-electron chi connectivity index (χ4n) is 7.08. The van der Waals surface area contributed by atoms with Gasteiger partial charge >= 0.3 is 0 Å². The second-order valence-corrected chi connectivity index (χ2v) is 14.4. The molecule has 0 aliphatic carbocycles. The van der Waals surface area contributed by atoms with Crippen molar-refractivity contribution in [2.45, 2.75) is 71.4 Å². The highest BCUT2D eigenvalue weighted by atomic mass is 16.3. The van der Waals surface area contributed by atoms with E-state index in [-0.39, 0.29) is 24.9 Å². The topological polar surface area (TPSA) is 136 Å². The molecular formula is C44H50N6O4. The fourth-order valence-corrected chi connectivity index (χ4v) is 7.08. The number of aromatic amines is 1. The summed E-state index contributed by atoms with van der Waals surface area (Å²) in [6.07, 6.45) is 14.3. The molecule has 0 bridgehead atoms. The minimum atomic E-state index is -1.85. The molecule has 0 fully saturated rings. The number of hydrogen-bond acceptors (Lipinski definition) is 6. The Bertz CT molecular complexity index is 2180. The highest BCUT2D eigenvalue weighted by Crippen LogP contribution is 2.46. The van der Waals surface area contributed by atoms with Crippen LogP contribution in [0.15, 0.2) is 121 Å². The quantitative estimate of drug-likeness (QED) is 0.0775. The number of aliphatic hydroxyl groups is 2. The van der Waals surface area contributed by atoms with Crippen LogP contribution in [-0.4, -0.2) is 55.2 Å². The molecule has 10 nitrogen and oxygen atoms in total. The average Bonchev–Trinajstić information content (AvgIpc) is 3.86. The molecule has 0 radical (unpaired) electrons. The summed E-state index contributed by atoms with van der Waals surface area (Å²) in [5.41, 5.74) is 5.69. The Morgan fingerprint density at radius 2 is 1.80 bits per heavy atom. The van der Waals surface area contributed by atoms with Gasteiger partial charge in [-0.25, -0.2) is 0 Å². The van der Waals surface area contributed by atoms with Crippen molar-refractivity contribution in [3.05, 3.63) is 143 Å². The van der Waals surface area contributed by atoms with E-state index in [1.807, 2.05) is 92.1 Å². The Labute approximate surface area is 316 Å². The number of aryl methyl sites for hydroxylation is 1. The Morgan fingerprint density at radius 3 is 2.57 bits per heavy atom. The molecule has 0 saturated heterocycles. The van der Waals surface area contributed by atoms with Gasteiger partial charge in [0.05, 0.1) is 30.3 Å². The van der Waals surface area contributed by atoms with Gasteiger partial charge in [-0.1, -0.05) is 96.1 Å². The average molecular weight is 727 g/mol. The van der Waals surface area contributed by atoms with Gasteiger partial charge in [-0.05, 0) is 75.4 Å². The minimum Gasteiger partial charge on any atom is -0.395 e. The van der Waals surface area contributed by atoms with Crippen LogP contribution in [0.3, 0.4) is 0 Å². The van der Waals surface area contributed by atoms with E-state index in [1.54, 1.807) is 21.7 Å². The number of allylic oxidation sites excluding steroid dienone is 4. The second-order valence-electron chi connectivity index (χ2n) is 14.4. The number of aliphatic hydroxyl groups excluding tert-OH is 1. The van der Waals surface area contributed by atoms with Gasteiger partial charge in [-0.2, -0.15) is 0 Å². The van der Waals surface area contributed by atoms with Crippen LogP contribution in [0.2, 0.25) is 0 Å². The van der Waals surface area contributed by atoms with E-state index in [0.29, 0.717) is 42.1 Å². The van der Waals surface area contributed by atoms with Gasteiger partial charge in [0, 0.05) is 53.6 Å². The normalized spacial score (nSPS) is 16.9. The van der Waals surface area contributed by atoms with E-state index in [9.17, 15) is 19.8 Å². The zero-order valence-electron chi connectivity index (χ0n) is 31.5. The van der Waals surface area contributed by atoms with Crippen molar-refractivity contribution in [2.75, 3.05) is 23.4 Å². The molecule has 280 valence electrons. The van der Waals surface area contributed by atoms with Gasteiger partial charge in [0.15, 0.2) is 5.60 Å². The molecule has 1 aliphatic rings. The lowest BCUT2D eigenvalue weighted by molar-refractivity contribution is -0.139. The van der Waals surface area contributed by atoms with E-state index in [4.69, 9.17) is 0 Å². The third-order valence-electron chi connectivity index (χ3n) is 10.2. The number of carbonyl (C=O) groups excluding carboxylic acids is 2. The Balaban J connectivity index is 1.19. The largest absolute Gasteiger partial charge is 0.395 e. The van der Waals surface area contributed by atoms with Crippen molar-refractivity contribution >= 4 is 34.1 Å². The monoisotopic (exact) mass is 726 g/mol. The first kappa shape index (κ1) is 38.2. The summed E-state index contributed by atoms with van der Waals surface area (Å²) in [6.45, 7) is 8.84. The lowest BCUT2D eigenvalue weighted by atomic mass is 9.82. The molecule has 3 aromatic carbocycles. The molecule has 5 aromatic rings. The number of amides is 2. The maximum absolute atomic E-state index is 14.2. The van der Waals surface area contributed by atoms with Gasteiger partial charge < -0.3 is 25.4 Å². The predicted octanol–water partition coefficient (Wildman–Crippen LogP) is 7.57. The van der Waals surface area contributed by atoms with Crippen molar-refractivity contribution in [2.24, 2.45) is 5.92 Å². The number of fused-ring (bicyclic) bond motifs is 2. The lowest BCUT2D eigenvalue weighted by Crippen LogP contribution is -2.44. The molecular weight excluding hydrogens is 677 g/mol. The molecule has 6 rings (SSSR count). The summed E-state index contributed by atoms with van der Waals surface area (Å²) in [5.74, 6) is -1.45. The van der Waals surface area contributed by atoms with Crippen LogP contribution in [-0.2, 0) is 28.2 Å². The third kappa shape index (κ3) is 8.46. The van der Waals surface area contributed by atoms with Gasteiger partial charge in [0.2, 0.25) is 5.91 Å². The predicted molar refractivity (Wildman–Crippen MR) is 214 cm³/mol. The van der Waals surface area contributed by atoms with Gasteiger partial charge in [-0.15, -0.1) is 5.10 Å².